The van der Waals surface area contributed by atoms with Crippen LogP contribution >= 0.6 is 11.3 Å². The smallest absolute Gasteiger partial charge is 0.250 e. The number of nitrogens with zero attached hydrogens (tertiary/aromatic N) is 3. The molecule has 2 heterocycles. The van der Waals surface area contributed by atoms with E-state index in [0.717, 1.165) is 27.6 Å². The highest BCUT2D eigenvalue weighted by Crippen LogP contribution is 2.30. The number of carbonyl (C=O) groups excluding carboxylic acids is 1. The summed E-state index contributed by atoms with van der Waals surface area (Å²) >= 11 is 1.32. The lowest BCUT2D eigenvalue weighted by Gasteiger charge is -2.11. The molecular weight excluding hydrogens is 380 g/mol. The van der Waals surface area contributed by atoms with Gasteiger partial charge in [-0.25, -0.2) is 0 Å². The second-order valence-corrected chi connectivity index (χ2v) is 7.13. The zero-order chi connectivity index (χ0) is 20.1. The first-order valence-corrected chi connectivity index (χ1v) is 9.29. The van der Waals surface area contributed by atoms with E-state index in [1.807, 2.05) is 26.8 Å². The van der Waals surface area contributed by atoms with Crippen molar-refractivity contribution in [2.45, 2.75) is 27.4 Å². The number of amides is 1. The molecular formula is C19H20N4O4S. The topological polar surface area (TPSA) is 99.4 Å². The van der Waals surface area contributed by atoms with Crippen LogP contribution in [-0.4, -0.2) is 28.4 Å². The molecule has 146 valence electrons. The van der Waals surface area contributed by atoms with Gasteiger partial charge in [-0.1, -0.05) is 22.6 Å². The predicted octanol–water partition coefficient (Wildman–Crippen LogP) is 3.69. The predicted molar refractivity (Wildman–Crippen MR) is 106 cm³/mol. The van der Waals surface area contributed by atoms with E-state index in [1.165, 1.54) is 17.4 Å². The largest absolute Gasteiger partial charge is 0.493 e. The molecule has 0 unspecified atom stereocenters. The second-order valence-electron chi connectivity index (χ2n) is 5.95. The number of anilines is 1. The highest BCUT2D eigenvalue weighted by Gasteiger charge is 2.12. The van der Waals surface area contributed by atoms with Gasteiger partial charge >= 0.3 is 0 Å². The van der Waals surface area contributed by atoms with Gasteiger partial charge in [-0.15, -0.1) is 10.2 Å². The molecule has 0 radical (unpaired) electrons. The fraction of sp³-hybridized carbons (Fsp3) is 0.263. The summed E-state index contributed by atoms with van der Waals surface area (Å²) in [5.41, 5.74) is 2.51. The molecule has 0 aliphatic rings. The van der Waals surface area contributed by atoms with Crippen LogP contribution < -0.4 is 14.8 Å². The fourth-order valence-corrected chi connectivity index (χ4v) is 3.03. The Bertz CT molecular complexity index is 990. The Labute approximate surface area is 166 Å². The Hall–Kier alpha value is -3.20. The molecule has 0 fully saturated rings. The van der Waals surface area contributed by atoms with Crippen LogP contribution in [0, 0.1) is 20.8 Å². The molecule has 3 aromatic rings. The molecule has 9 heteroatoms. The summed E-state index contributed by atoms with van der Waals surface area (Å²) in [6.07, 6.45) is 3.11. The monoisotopic (exact) mass is 400 g/mol. The van der Waals surface area contributed by atoms with Crippen LogP contribution in [-0.2, 0) is 11.4 Å². The molecule has 3 rings (SSSR count). The molecule has 0 aliphatic heterocycles. The lowest BCUT2D eigenvalue weighted by Crippen LogP contribution is -2.07. The van der Waals surface area contributed by atoms with Gasteiger partial charge in [0.15, 0.2) is 11.5 Å². The van der Waals surface area contributed by atoms with E-state index in [0.29, 0.717) is 23.2 Å². The van der Waals surface area contributed by atoms with Crippen LogP contribution in [0.15, 0.2) is 28.8 Å². The molecule has 0 aliphatic carbocycles. The van der Waals surface area contributed by atoms with E-state index in [-0.39, 0.29) is 5.91 Å². The van der Waals surface area contributed by atoms with Gasteiger partial charge in [0.1, 0.15) is 17.4 Å². The van der Waals surface area contributed by atoms with Gasteiger partial charge in [0.2, 0.25) is 11.0 Å². The number of benzene rings is 1. The van der Waals surface area contributed by atoms with Gasteiger partial charge in [0.05, 0.1) is 18.4 Å². The maximum absolute atomic E-state index is 12.0. The summed E-state index contributed by atoms with van der Waals surface area (Å²) in [6, 6.07) is 5.42. The molecule has 28 heavy (non-hydrogen) atoms. The van der Waals surface area contributed by atoms with Gasteiger partial charge in [-0.2, -0.15) is 0 Å². The maximum Gasteiger partial charge on any atom is 0.250 e. The Morgan fingerprint density at radius 2 is 2.07 bits per heavy atom. The molecule has 0 atom stereocenters. The van der Waals surface area contributed by atoms with E-state index < -0.39 is 0 Å². The zero-order valence-corrected chi connectivity index (χ0v) is 16.8. The minimum Gasteiger partial charge on any atom is -0.493 e. The van der Waals surface area contributed by atoms with Crippen molar-refractivity contribution in [2.24, 2.45) is 0 Å². The highest BCUT2D eigenvalue weighted by atomic mass is 32.1. The molecule has 0 saturated carbocycles. The minimum atomic E-state index is -0.283. The van der Waals surface area contributed by atoms with Gasteiger partial charge in [-0.3, -0.25) is 10.1 Å². The molecule has 1 aromatic carbocycles. The van der Waals surface area contributed by atoms with Gasteiger partial charge < -0.3 is 14.0 Å². The Kier molecular flexibility index (Phi) is 6.05. The zero-order valence-electron chi connectivity index (χ0n) is 16.0. The number of aromatic nitrogens is 3. The van der Waals surface area contributed by atoms with Crippen LogP contribution in [0.1, 0.15) is 27.6 Å². The van der Waals surface area contributed by atoms with Crippen molar-refractivity contribution in [2.75, 3.05) is 12.4 Å². The third-order valence-corrected chi connectivity index (χ3v) is 4.68. The Morgan fingerprint density at radius 3 is 2.71 bits per heavy atom. The number of carbonyl (C=O) groups is 1. The fourth-order valence-electron chi connectivity index (χ4n) is 2.43. The summed E-state index contributed by atoms with van der Waals surface area (Å²) in [5.74, 6) is 1.60. The van der Waals surface area contributed by atoms with Crippen molar-refractivity contribution in [3.63, 3.8) is 0 Å². The van der Waals surface area contributed by atoms with Gasteiger partial charge in [0, 0.05) is 6.08 Å². The Morgan fingerprint density at radius 1 is 1.25 bits per heavy atom. The van der Waals surface area contributed by atoms with E-state index in [4.69, 9.17) is 14.0 Å². The van der Waals surface area contributed by atoms with E-state index >= 15 is 0 Å². The van der Waals surface area contributed by atoms with Crippen molar-refractivity contribution >= 4 is 28.5 Å². The third-order valence-electron chi connectivity index (χ3n) is 3.92. The summed E-state index contributed by atoms with van der Waals surface area (Å²) in [5, 5.41) is 15.6. The minimum absolute atomic E-state index is 0.283. The number of hydrogen-bond acceptors (Lipinski definition) is 8. The average Bonchev–Trinajstić information content (AvgIpc) is 3.23. The van der Waals surface area contributed by atoms with Crippen LogP contribution in [0.2, 0.25) is 0 Å². The molecule has 8 nitrogen and oxygen atoms in total. The summed E-state index contributed by atoms with van der Waals surface area (Å²) in [6.45, 7) is 5.87. The lowest BCUT2D eigenvalue weighted by molar-refractivity contribution is -0.111. The van der Waals surface area contributed by atoms with Gasteiger partial charge in [0.25, 0.3) is 0 Å². The summed E-state index contributed by atoms with van der Waals surface area (Å²) in [7, 11) is 1.57. The summed E-state index contributed by atoms with van der Waals surface area (Å²) in [4.78, 5) is 12.0. The van der Waals surface area contributed by atoms with E-state index in [1.54, 1.807) is 25.3 Å². The highest BCUT2D eigenvalue weighted by molar-refractivity contribution is 7.15. The number of methoxy groups -OCH3 is 1. The van der Waals surface area contributed by atoms with Gasteiger partial charge in [-0.05, 0) is 44.5 Å². The first-order chi connectivity index (χ1) is 13.5. The number of aryl methyl sites for hydroxylation is 3. The number of ether oxygens (including phenoxy) is 2. The van der Waals surface area contributed by atoms with Crippen molar-refractivity contribution < 1.29 is 18.8 Å². The van der Waals surface area contributed by atoms with E-state index in [2.05, 4.69) is 20.7 Å². The molecule has 0 spiro atoms. The quantitative estimate of drug-likeness (QED) is 0.604. The van der Waals surface area contributed by atoms with Crippen molar-refractivity contribution in [1.29, 1.82) is 0 Å². The third kappa shape index (κ3) is 4.74. The van der Waals surface area contributed by atoms with Crippen molar-refractivity contribution in [1.82, 2.24) is 15.4 Å². The van der Waals surface area contributed by atoms with Crippen molar-refractivity contribution in [3.05, 3.63) is 51.9 Å². The molecule has 0 bridgehead atoms. The SMILES string of the molecule is COc1cc(C=CC(=O)Nc2nnc(C)s2)ccc1OCc1c(C)noc1C. The maximum atomic E-state index is 12.0. The molecule has 1 amide bonds. The first-order valence-electron chi connectivity index (χ1n) is 8.48. The van der Waals surface area contributed by atoms with E-state index in [9.17, 15) is 4.79 Å². The first kappa shape index (κ1) is 19.6. The normalized spacial score (nSPS) is 11.0. The standard InChI is InChI=1S/C19H20N4O4S/c1-11-15(12(2)27-23-11)10-26-16-7-5-14(9-17(16)25-4)6-8-18(24)20-19-22-21-13(3)28-19/h5-9H,10H2,1-4H3,(H,20,22,24). The number of hydrogen-bond donors (Lipinski definition) is 1. The molecule has 1 N–H and O–H groups in total. The average molecular weight is 400 g/mol. The lowest BCUT2D eigenvalue weighted by atomic mass is 10.2. The van der Waals surface area contributed by atoms with Crippen LogP contribution in [0.3, 0.4) is 0 Å². The second kappa shape index (κ2) is 8.66. The van der Waals surface area contributed by atoms with Crippen LogP contribution in [0.4, 0.5) is 5.13 Å². The number of rotatable bonds is 7. The molecule has 0 saturated heterocycles. The van der Waals surface area contributed by atoms with Crippen LogP contribution in [0.5, 0.6) is 11.5 Å². The number of nitrogens with one attached hydrogen (secondary N) is 1. The molecule has 2 aromatic heterocycles. The Balaban J connectivity index is 1.66. The van der Waals surface area contributed by atoms with Crippen molar-refractivity contribution in [3.8, 4) is 11.5 Å². The van der Waals surface area contributed by atoms with Crippen LogP contribution in [0.25, 0.3) is 6.08 Å². The summed E-state index contributed by atoms with van der Waals surface area (Å²) < 4.78 is 16.4.